The summed E-state index contributed by atoms with van der Waals surface area (Å²) in [4.78, 5) is 24.1. The van der Waals surface area contributed by atoms with E-state index in [-0.39, 0.29) is 16.8 Å². The van der Waals surface area contributed by atoms with Crippen LogP contribution in [0.2, 0.25) is 10.0 Å². The minimum absolute atomic E-state index is 0.0185. The Morgan fingerprint density at radius 2 is 1.46 bits per heavy atom. The SMILES string of the molecule is O=C(Nc1cc(CCc2ccccc2)ccc1C(=O)O)c1cc(Cl)cc(Cl)c1. The predicted octanol–water partition coefficient (Wildman–Crippen LogP) is 5.73. The van der Waals surface area contributed by atoms with Crippen LogP contribution in [0.3, 0.4) is 0 Å². The minimum Gasteiger partial charge on any atom is -0.478 e. The fourth-order valence-electron chi connectivity index (χ4n) is 2.85. The number of benzene rings is 3. The van der Waals surface area contributed by atoms with Crippen molar-refractivity contribution >= 4 is 40.8 Å². The average Bonchev–Trinajstić information content (AvgIpc) is 2.66. The van der Waals surface area contributed by atoms with E-state index in [1.54, 1.807) is 12.1 Å². The van der Waals surface area contributed by atoms with E-state index in [9.17, 15) is 14.7 Å². The summed E-state index contributed by atoms with van der Waals surface area (Å²) in [5.74, 6) is -1.60. The van der Waals surface area contributed by atoms with Crippen LogP contribution < -0.4 is 5.32 Å². The lowest BCUT2D eigenvalue weighted by Gasteiger charge is -2.12. The number of aromatic carboxylic acids is 1. The van der Waals surface area contributed by atoms with Gasteiger partial charge in [-0.25, -0.2) is 4.79 Å². The molecule has 4 nitrogen and oxygen atoms in total. The molecule has 0 saturated carbocycles. The van der Waals surface area contributed by atoms with Gasteiger partial charge in [0.05, 0.1) is 11.3 Å². The van der Waals surface area contributed by atoms with Crippen LogP contribution in [-0.2, 0) is 12.8 Å². The summed E-state index contributed by atoms with van der Waals surface area (Å²) < 4.78 is 0. The number of hydrogen-bond acceptors (Lipinski definition) is 2. The van der Waals surface area contributed by atoms with Crippen molar-refractivity contribution in [3.05, 3.63) is 99.0 Å². The Labute approximate surface area is 172 Å². The molecule has 0 aromatic heterocycles. The summed E-state index contributed by atoms with van der Waals surface area (Å²) in [5.41, 5.74) is 2.62. The van der Waals surface area contributed by atoms with Crippen LogP contribution in [0, 0.1) is 0 Å². The summed E-state index contributed by atoms with van der Waals surface area (Å²) >= 11 is 11.9. The first-order valence-electron chi connectivity index (χ1n) is 8.60. The molecular weight excluding hydrogens is 397 g/mol. The summed E-state index contributed by atoms with van der Waals surface area (Å²) in [6.45, 7) is 0. The highest BCUT2D eigenvalue weighted by Crippen LogP contribution is 2.23. The van der Waals surface area contributed by atoms with E-state index in [1.165, 1.54) is 29.8 Å². The van der Waals surface area contributed by atoms with Crippen LogP contribution in [0.1, 0.15) is 31.8 Å². The van der Waals surface area contributed by atoms with Gasteiger partial charge in [0, 0.05) is 15.6 Å². The highest BCUT2D eigenvalue weighted by Gasteiger charge is 2.15. The zero-order chi connectivity index (χ0) is 20.1. The second-order valence-electron chi connectivity index (χ2n) is 6.28. The van der Waals surface area contributed by atoms with Gasteiger partial charge in [-0.2, -0.15) is 0 Å². The van der Waals surface area contributed by atoms with E-state index in [2.05, 4.69) is 5.32 Å². The molecule has 0 unspecified atom stereocenters. The number of carbonyl (C=O) groups is 2. The van der Waals surface area contributed by atoms with Crippen LogP contribution in [0.4, 0.5) is 5.69 Å². The van der Waals surface area contributed by atoms with Crippen molar-refractivity contribution < 1.29 is 14.7 Å². The summed E-state index contributed by atoms with van der Waals surface area (Å²) in [6, 6.07) is 19.4. The van der Waals surface area contributed by atoms with Gasteiger partial charge >= 0.3 is 5.97 Å². The van der Waals surface area contributed by atoms with Gasteiger partial charge in [-0.3, -0.25) is 4.79 Å². The fraction of sp³-hybridized carbons (Fsp3) is 0.0909. The lowest BCUT2D eigenvalue weighted by Crippen LogP contribution is -2.15. The van der Waals surface area contributed by atoms with Crippen molar-refractivity contribution in [2.75, 3.05) is 5.32 Å². The summed E-state index contributed by atoms with van der Waals surface area (Å²) in [6.07, 6.45) is 1.53. The van der Waals surface area contributed by atoms with E-state index < -0.39 is 11.9 Å². The lowest BCUT2D eigenvalue weighted by atomic mass is 10.0. The van der Waals surface area contributed by atoms with E-state index >= 15 is 0 Å². The Morgan fingerprint density at radius 1 is 0.821 bits per heavy atom. The monoisotopic (exact) mass is 413 g/mol. The first-order valence-corrected chi connectivity index (χ1v) is 9.35. The maximum absolute atomic E-state index is 12.6. The average molecular weight is 414 g/mol. The van der Waals surface area contributed by atoms with Crippen molar-refractivity contribution in [1.29, 1.82) is 0 Å². The van der Waals surface area contributed by atoms with Crippen LogP contribution in [0.5, 0.6) is 0 Å². The van der Waals surface area contributed by atoms with Crippen molar-refractivity contribution in [2.45, 2.75) is 12.8 Å². The molecule has 3 aromatic carbocycles. The molecule has 0 aliphatic heterocycles. The Hall–Kier alpha value is -2.82. The topological polar surface area (TPSA) is 66.4 Å². The number of nitrogens with one attached hydrogen (secondary N) is 1. The zero-order valence-electron chi connectivity index (χ0n) is 14.8. The van der Waals surface area contributed by atoms with Gasteiger partial charge in [-0.1, -0.05) is 59.6 Å². The minimum atomic E-state index is -1.12. The smallest absolute Gasteiger partial charge is 0.337 e. The van der Waals surface area contributed by atoms with Gasteiger partial charge in [0.1, 0.15) is 0 Å². The second kappa shape index (κ2) is 8.91. The molecule has 0 bridgehead atoms. The Balaban J connectivity index is 1.83. The summed E-state index contributed by atoms with van der Waals surface area (Å²) in [7, 11) is 0. The van der Waals surface area contributed by atoms with Gasteiger partial charge < -0.3 is 10.4 Å². The molecule has 0 saturated heterocycles. The van der Waals surface area contributed by atoms with Crippen LogP contribution in [0.25, 0.3) is 0 Å². The number of carboxylic acids is 1. The Kier molecular flexibility index (Phi) is 6.34. The third-order valence-electron chi connectivity index (χ3n) is 4.23. The molecule has 2 N–H and O–H groups in total. The molecule has 0 spiro atoms. The number of hydrogen-bond donors (Lipinski definition) is 2. The van der Waals surface area contributed by atoms with Gasteiger partial charge in [0.2, 0.25) is 0 Å². The van der Waals surface area contributed by atoms with Gasteiger partial charge in [0.15, 0.2) is 0 Å². The molecule has 3 rings (SSSR count). The largest absolute Gasteiger partial charge is 0.478 e. The number of amides is 1. The maximum atomic E-state index is 12.6. The molecule has 142 valence electrons. The van der Waals surface area contributed by atoms with Crippen molar-refractivity contribution in [3.63, 3.8) is 0 Å². The highest BCUT2D eigenvalue weighted by atomic mass is 35.5. The molecule has 1 amide bonds. The standard InChI is InChI=1S/C22H17Cl2NO3/c23-17-11-16(12-18(24)13-17)21(26)25-20-10-15(8-9-19(20)22(27)28)7-6-14-4-2-1-3-5-14/h1-5,8-13H,6-7H2,(H,25,26)(H,27,28). The van der Waals surface area contributed by atoms with Crippen molar-refractivity contribution in [2.24, 2.45) is 0 Å². The lowest BCUT2D eigenvalue weighted by molar-refractivity contribution is 0.0698. The van der Waals surface area contributed by atoms with Crippen molar-refractivity contribution in [1.82, 2.24) is 0 Å². The number of halogens is 2. The van der Waals surface area contributed by atoms with Crippen LogP contribution in [-0.4, -0.2) is 17.0 Å². The molecular formula is C22H17Cl2NO3. The molecule has 28 heavy (non-hydrogen) atoms. The van der Waals surface area contributed by atoms with Crippen LogP contribution in [0.15, 0.2) is 66.7 Å². The first kappa shape index (κ1) is 19.9. The fourth-order valence-corrected chi connectivity index (χ4v) is 3.38. The van der Waals surface area contributed by atoms with E-state index in [1.807, 2.05) is 30.3 Å². The van der Waals surface area contributed by atoms with E-state index in [0.717, 1.165) is 18.4 Å². The number of carboxylic acid groups (broad SMARTS) is 1. The second-order valence-corrected chi connectivity index (χ2v) is 7.16. The molecule has 6 heteroatoms. The molecule has 0 heterocycles. The number of anilines is 1. The molecule has 0 aliphatic rings. The molecule has 0 fully saturated rings. The number of aryl methyl sites for hydroxylation is 2. The van der Waals surface area contributed by atoms with Gasteiger partial charge in [0.25, 0.3) is 5.91 Å². The molecule has 0 aliphatic carbocycles. The third-order valence-corrected chi connectivity index (χ3v) is 4.67. The Bertz CT molecular complexity index is 999. The summed E-state index contributed by atoms with van der Waals surface area (Å²) in [5, 5.41) is 12.8. The predicted molar refractivity (Wildman–Crippen MR) is 112 cm³/mol. The highest BCUT2D eigenvalue weighted by molar-refractivity contribution is 6.35. The quantitative estimate of drug-likeness (QED) is 0.542. The van der Waals surface area contributed by atoms with E-state index in [4.69, 9.17) is 23.2 Å². The molecule has 0 atom stereocenters. The Morgan fingerprint density at radius 3 is 2.11 bits per heavy atom. The number of rotatable bonds is 6. The number of carbonyl (C=O) groups excluding carboxylic acids is 1. The first-order chi connectivity index (χ1) is 13.4. The van der Waals surface area contributed by atoms with Gasteiger partial charge in [-0.05, 0) is 54.3 Å². The normalized spacial score (nSPS) is 10.5. The van der Waals surface area contributed by atoms with Crippen LogP contribution >= 0.6 is 23.2 Å². The van der Waals surface area contributed by atoms with Gasteiger partial charge in [-0.15, -0.1) is 0 Å². The third kappa shape index (κ3) is 5.12. The van der Waals surface area contributed by atoms with Crippen molar-refractivity contribution in [3.8, 4) is 0 Å². The zero-order valence-corrected chi connectivity index (χ0v) is 16.3. The maximum Gasteiger partial charge on any atom is 0.337 e. The molecule has 0 radical (unpaired) electrons. The molecule has 3 aromatic rings. The van der Waals surface area contributed by atoms with E-state index in [0.29, 0.717) is 10.0 Å².